The molecule has 4 rings (SSSR count). The number of carbonyl (C=O) groups is 3. The maximum absolute atomic E-state index is 13.9. The molecule has 3 aromatic carbocycles. The average Bonchev–Trinajstić information content (AvgIpc) is 3.28. The quantitative estimate of drug-likeness (QED) is 0.214. The first-order chi connectivity index (χ1) is 20.9. The fraction of sp³-hybridized carbons (Fsp3) is 0.306. The number of rotatable bonds is 10. The summed E-state index contributed by atoms with van der Waals surface area (Å²) in [5.41, 5.74) is 3.93. The lowest BCUT2D eigenvalue weighted by Gasteiger charge is -2.25. The van der Waals surface area contributed by atoms with Crippen LogP contribution in [0.25, 0.3) is 10.9 Å². The van der Waals surface area contributed by atoms with Crippen molar-refractivity contribution in [1.29, 1.82) is 0 Å². The highest BCUT2D eigenvalue weighted by molar-refractivity contribution is 6.00. The van der Waals surface area contributed by atoms with E-state index in [4.69, 9.17) is 9.47 Å². The first-order valence-electron chi connectivity index (χ1n) is 14.6. The SMILES string of the molecule is C=CCc1c(CC(=O)NC(Cc2cccc(C)c2)C(=O)N(C)c2ccc(OC)cc2)c2ccccc2n1C(=O)OC(C)(C)C. The molecule has 8 heteroatoms. The minimum atomic E-state index is -0.835. The van der Waals surface area contributed by atoms with E-state index in [1.807, 2.05) is 76.2 Å². The van der Waals surface area contributed by atoms with E-state index < -0.39 is 17.7 Å². The molecule has 1 N–H and O–H groups in total. The number of aryl methyl sites for hydroxylation is 1. The summed E-state index contributed by atoms with van der Waals surface area (Å²) in [6, 6.07) is 21.7. The Bertz CT molecular complexity index is 1660. The molecule has 0 radical (unpaired) electrons. The van der Waals surface area contributed by atoms with Gasteiger partial charge in [-0.1, -0.05) is 54.1 Å². The fourth-order valence-corrected chi connectivity index (χ4v) is 5.27. The molecule has 0 saturated carbocycles. The van der Waals surface area contributed by atoms with Gasteiger partial charge < -0.3 is 19.7 Å². The van der Waals surface area contributed by atoms with Crippen LogP contribution in [0.1, 0.15) is 43.2 Å². The average molecular weight is 596 g/mol. The first kappa shape index (κ1) is 32.1. The maximum Gasteiger partial charge on any atom is 0.419 e. The molecule has 0 aliphatic heterocycles. The van der Waals surface area contributed by atoms with Crippen LogP contribution < -0.4 is 15.0 Å². The highest BCUT2D eigenvalue weighted by Gasteiger charge is 2.29. The van der Waals surface area contributed by atoms with Crippen LogP contribution in [0, 0.1) is 6.92 Å². The molecular weight excluding hydrogens is 554 g/mol. The van der Waals surface area contributed by atoms with Crippen molar-refractivity contribution >= 4 is 34.5 Å². The summed E-state index contributed by atoms with van der Waals surface area (Å²) in [4.78, 5) is 42.6. The number of nitrogens with one attached hydrogen (secondary N) is 1. The van der Waals surface area contributed by atoms with Gasteiger partial charge in [0.2, 0.25) is 11.8 Å². The largest absolute Gasteiger partial charge is 0.497 e. The molecule has 4 aromatic rings. The summed E-state index contributed by atoms with van der Waals surface area (Å²) in [6.45, 7) is 11.3. The molecular formula is C36H41N3O5. The van der Waals surface area contributed by atoms with Crippen LogP contribution in [0.15, 0.2) is 85.5 Å². The Morgan fingerprint density at radius 1 is 1.02 bits per heavy atom. The highest BCUT2D eigenvalue weighted by Crippen LogP contribution is 2.29. The lowest BCUT2D eigenvalue weighted by molar-refractivity contribution is -0.127. The van der Waals surface area contributed by atoms with Gasteiger partial charge in [0, 0.05) is 36.7 Å². The van der Waals surface area contributed by atoms with Crippen LogP contribution in [-0.2, 0) is 33.6 Å². The summed E-state index contributed by atoms with van der Waals surface area (Å²) in [5.74, 6) is 0.0872. The number of aromatic nitrogens is 1. The summed E-state index contributed by atoms with van der Waals surface area (Å²) in [6.07, 6.45) is 1.80. The second-order valence-electron chi connectivity index (χ2n) is 11.8. The molecule has 0 aliphatic carbocycles. The molecule has 0 aliphatic rings. The zero-order valence-electron chi connectivity index (χ0n) is 26.3. The normalized spacial score (nSPS) is 12.0. The zero-order chi connectivity index (χ0) is 32.0. The Hall–Kier alpha value is -4.85. The van der Waals surface area contributed by atoms with Gasteiger partial charge in [-0.15, -0.1) is 6.58 Å². The Morgan fingerprint density at radius 3 is 2.36 bits per heavy atom. The number of allylic oxidation sites excluding steroid dienone is 1. The van der Waals surface area contributed by atoms with Gasteiger partial charge in [0.1, 0.15) is 17.4 Å². The van der Waals surface area contributed by atoms with E-state index in [-0.39, 0.29) is 18.2 Å². The molecule has 1 unspecified atom stereocenters. The van der Waals surface area contributed by atoms with Crippen molar-refractivity contribution < 1.29 is 23.9 Å². The monoisotopic (exact) mass is 595 g/mol. The van der Waals surface area contributed by atoms with E-state index in [2.05, 4.69) is 11.9 Å². The number of benzene rings is 3. The number of para-hydroxylation sites is 1. The van der Waals surface area contributed by atoms with Crippen LogP contribution in [-0.4, -0.2) is 48.3 Å². The highest BCUT2D eigenvalue weighted by atomic mass is 16.6. The topological polar surface area (TPSA) is 89.9 Å². The maximum atomic E-state index is 13.9. The van der Waals surface area contributed by atoms with Crippen LogP contribution in [0.2, 0.25) is 0 Å². The van der Waals surface area contributed by atoms with Crippen molar-refractivity contribution in [2.24, 2.45) is 0 Å². The summed E-state index contributed by atoms with van der Waals surface area (Å²) in [5, 5.41) is 3.78. The van der Waals surface area contributed by atoms with Gasteiger partial charge in [-0.3, -0.25) is 9.59 Å². The van der Waals surface area contributed by atoms with Crippen molar-refractivity contribution in [2.45, 2.75) is 58.6 Å². The van der Waals surface area contributed by atoms with E-state index in [9.17, 15) is 14.4 Å². The number of carbonyl (C=O) groups excluding carboxylic acids is 3. The van der Waals surface area contributed by atoms with Crippen LogP contribution >= 0.6 is 0 Å². The van der Waals surface area contributed by atoms with Gasteiger partial charge >= 0.3 is 6.09 Å². The molecule has 8 nitrogen and oxygen atoms in total. The molecule has 0 bridgehead atoms. The third-order valence-corrected chi connectivity index (χ3v) is 7.29. The van der Waals surface area contributed by atoms with Gasteiger partial charge in [0.05, 0.1) is 19.0 Å². The van der Waals surface area contributed by atoms with Crippen molar-refractivity contribution in [3.63, 3.8) is 0 Å². The first-order valence-corrected chi connectivity index (χ1v) is 14.6. The summed E-state index contributed by atoms with van der Waals surface area (Å²) < 4.78 is 12.5. The molecule has 0 spiro atoms. The van der Waals surface area contributed by atoms with Gasteiger partial charge in [-0.05, 0) is 69.2 Å². The predicted molar refractivity (Wildman–Crippen MR) is 174 cm³/mol. The Balaban J connectivity index is 1.68. The van der Waals surface area contributed by atoms with E-state index in [1.54, 1.807) is 44.5 Å². The molecule has 2 amide bonds. The molecule has 44 heavy (non-hydrogen) atoms. The Kier molecular flexibility index (Phi) is 9.94. The van der Waals surface area contributed by atoms with E-state index in [1.165, 1.54) is 9.47 Å². The third-order valence-electron chi connectivity index (χ3n) is 7.29. The molecule has 0 saturated heterocycles. The van der Waals surface area contributed by atoms with Crippen molar-refractivity contribution in [3.8, 4) is 5.75 Å². The van der Waals surface area contributed by atoms with Crippen molar-refractivity contribution in [2.75, 3.05) is 19.1 Å². The van der Waals surface area contributed by atoms with Crippen molar-refractivity contribution in [3.05, 3.63) is 108 Å². The zero-order valence-corrected chi connectivity index (χ0v) is 26.3. The number of anilines is 1. The van der Waals surface area contributed by atoms with Crippen molar-refractivity contribution in [1.82, 2.24) is 9.88 Å². The van der Waals surface area contributed by atoms with Gasteiger partial charge in [-0.25, -0.2) is 9.36 Å². The van der Waals surface area contributed by atoms with Gasteiger partial charge in [-0.2, -0.15) is 0 Å². The van der Waals surface area contributed by atoms with Gasteiger partial charge in [0.25, 0.3) is 0 Å². The second-order valence-corrected chi connectivity index (χ2v) is 11.8. The number of methoxy groups -OCH3 is 1. The number of ether oxygens (including phenoxy) is 2. The summed E-state index contributed by atoms with van der Waals surface area (Å²) in [7, 11) is 3.28. The number of fused-ring (bicyclic) bond motifs is 1. The van der Waals surface area contributed by atoms with E-state index in [0.29, 0.717) is 41.1 Å². The third kappa shape index (κ3) is 7.56. The lowest BCUT2D eigenvalue weighted by Crippen LogP contribution is -2.49. The fourth-order valence-electron chi connectivity index (χ4n) is 5.27. The van der Waals surface area contributed by atoms with E-state index in [0.717, 1.165) is 16.5 Å². The molecule has 1 aromatic heterocycles. The number of nitrogens with zero attached hydrogens (tertiary/aromatic N) is 2. The predicted octanol–water partition coefficient (Wildman–Crippen LogP) is 6.40. The number of likely N-dealkylation sites (N-methyl/N-ethyl adjacent to an activating group) is 1. The molecule has 1 atom stereocenters. The molecule has 1 heterocycles. The number of hydrogen-bond donors (Lipinski definition) is 1. The molecule has 230 valence electrons. The lowest BCUT2D eigenvalue weighted by atomic mass is 10.0. The van der Waals surface area contributed by atoms with Crippen LogP contribution in [0.5, 0.6) is 5.75 Å². The van der Waals surface area contributed by atoms with E-state index >= 15 is 0 Å². The Morgan fingerprint density at radius 2 is 1.73 bits per heavy atom. The minimum Gasteiger partial charge on any atom is -0.497 e. The standard InChI is InChI=1S/C36H41N3O5/c1-8-12-31-29(28-15-9-10-16-32(28)39(31)35(42)44-36(3,4)5)23-33(40)37-30(22-25-14-11-13-24(2)21-25)34(41)38(6)26-17-19-27(43-7)20-18-26/h8-11,13-21,30H,1,12,22-23H2,2-7H3,(H,37,40). The Labute approximate surface area is 259 Å². The van der Waals surface area contributed by atoms with Crippen LogP contribution in [0.4, 0.5) is 10.5 Å². The minimum absolute atomic E-state index is 0.0384. The van der Waals surface area contributed by atoms with Crippen LogP contribution in [0.3, 0.4) is 0 Å². The summed E-state index contributed by atoms with van der Waals surface area (Å²) >= 11 is 0. The number of hydrogen-bond acceptors (Lipinski definition) is 5. The smallest absolute Gasteiger partial charge is 0.419 e. The molecule has 0 fully saturated rings. The second kappa shape index (κ2) is 13.6. The van der Waals surface area contributed by atoms with Gasteiger partial charge in [0.15, 0.2) is 0 Å². The number of amides is 2.